The fourth-order valence-electron chi connectivity index (χ4n) is 2.80. The van der Waals surface area contributed by atoms with Gasteiger partial charge < -0.3 is 4.90 Å². The average Bonchev–Trinajstić information content (AvgIpc) is 2.92. The van der Waals surface area contributed by atoms with Crippen LogP contribution in [0.3, 0.4) is 0 Å². The Hall–Kier alpha value is -1.76. The molecule has 130 valence electrons. The molecule has 0 spiro atoms. The van der Waals surface area contributed by atoms with Gasteiger partial charge in [0.05, 0.1) is 25.8 Å². The second kappa shape index (κ2) is 7.47. The first kappa shape index (κ1) is 17.6. The summed E-state index contributed by atoms with van der Waals surface area (Å²) < 4.78 is 1.95. The van der Waals surface area contributed by atoms with E-state index in [4.69, 9.17) is 23.2 Å². The van der Waals surface area contributed by atoms with Crippen molar-refractivity contribution in [2.45, 2.75) is 6.54 Å². The molecular formula is C20H13Cl2IN2O. The van der Waals surface area contributed by atoms with E-state index in [-0.39, 0.29) is 5.91 Å². The van der Waals surface area contributed by atoms with Gasteiger partial charge in [-0.15, -0.1) is 0 Å². The number of fused-ring (bicyclic) bond motifs is 1. The number of amides is 1. The van der Waals surface area contributed by atoms with Gasteiger partial charge in [-0.25, -0.2) is 0 Å². The van der Waals surface area contributed by atoms with Gasteiger partial charge >= 0.3 is 0 Å². The molecule has 0 atom stereocenters. The predicted octanol–water partition coefficient (Wildman–Crippen LogP) is 5.30. The molecule has 0 unspecified atom stereocenters. The first-order chi connectivity index (χ1) is 12.6. The molecule has 4 rings (SSSR count). The van der Waals surface area contributed by atoms with Crippen LogP contribution in [0.1, 0.15) is 11.1 Å². The standard InChI is InChI=1S/C20H13Cl2IN2O/c21-16-8-7-14(10-17(16)22)23-19-15-5-1-2-6-18(15)25(20(19)26)12-13-4-3-9-24-11-13/h1-11H,12H2. The third-order valence-electron chi connectivity index (χ3n) is 4.01. The fourth-order valence-corrected chi connectivity index (χ4v) is 6.00. The Morgan fingerprint density at radius 1 is 1.00 bits per heavy atom. The number of pyridine rings is 1. The van der Waals surface area contributed by atoms with Gasteiger partial charge in [0.15, 0.2) is 0 Å². The number of para-hydroxylation sites is 1. The van der Waals surface area contributed by atoms with E-state index in [1.807, 2.05) is 53.4 Å². The Balaban J connectivity index is 1.76. The zero-order chi connectivity index (χ0) is 18.1. The van der Waals surface area contributed by atoms with Gasteiger partial charge in [-0.1, -0.05) is 68.2 Å². The summed E-state index contributed by atoms with van der Waals surface area (Å²) in [7, 11) is 0. The van der Waals surface area contributed by atoms with Crippen molar-refractivity contribution in [2.24, 2.45) is 0 Å². The van der Waals surface area contributed by atoms with Gasteiger partial charge in [-0.2, -0.15) is 0 Å². The van der Waals surface area contributed by atoms with Crippen LogP contribution < -0.4 is 4.90 Å². The van der Waals surface area contributed by atoms with Crippen LogP contribution >= 0.6 is 43.9 Å². The highest BCUT2D eigenvalue weighted by Gasteiger charge is 2.32. The molecule has 0 saturated heterocycles. The molecule has 0 radical (unpaired) electrons. The molecule has 0 bridgehead atoms. The van der Waals surface area contributed by atoms with E-state index in [1.54, 1.807) is 18.5 Å². The van der Waals surface area contributed by atoms with Crippen molar-refractivity contribution >= 4 is 59.0 Å². The third-order valence-corrected chi connectivity index (χ3v) is 7.63. The number of halogens is 3. The number of rotatable bonds is 3. The van der Waals surface area contributed by atoms with Crippen LogP contribution in [0.4, 0.5) is 5.69 Å². The lowest BCUT2D eigenvalue weighted by Crippen LogP contribution is -2.28. The monoisotopic (exact) mass is 494 g/mol. The second-order valence-corrected chi connectivity index (χ2v) is 9.41. The van der Waals surface area contributed by atoms with Crippen molar-refractivity contribution < 1.29 is 4.79 Å². The minimum atomic E-state index is -0.672. The highest BCUT2D eigenvalue weighted by Crippen LogP contribution is 2.35. The summed E-state index contributed by atoms with van der Waals surface area (Å²) in [5.74, 6) is 0.0638. The number of hydrogen-bond donors (Lipinski definition) is 0. The largest absolute Gasteiger partial charge is 0.303 e. The molecule has 0 aliphatic carbocycles. The van der Waals surface area contributed by atoms with E-state index in [0.29, 0.717) is 16.6 Å². The topological polar surface area (TPSA) is 33.2 Å². The number of carbonyl (C=O) groups excluding carboxylic acids is 1. The highest BCUT2D eigenvalue weighted by molar-refractivity contribution is 14.2. The molecule has 26 heavy (non-hydrogen) atoms. The number of anilines is 1. The highest BCUT2D eigenvalue weighted by atomic mass is 127. The quantitative estimate of drug-likeness (QED) is 0.366. The minimum Gasteiger partial charge on any atom is -0.303 e. The van der Waals surface area contributed by atoms with Crippen molar-refractivity contribution in [3.05, 3.63) is 91.7 Å². The summed E-state index contributed by atoms with van der Waals surface area (Å²) in [6.45, 7) is 0.512. The summed E-state index contributed by atoms with van der Waals surface area (Å²) in [5.41, 5.74) is 2.97. The van der Waals surface area contributed by atoms with E-state index < -0.39 is 20.7 Å². The molecule has 3 aromatic rings. The van der Waals surface area contributed by atoms with Crippen LogP contribution in [0, 0.1) is 3.57 Å². The first-order valence-electron chi connectivity index (χ1n) is 7.90. The van der Waals surface area contributed by atoms with Crippen LogP contribution in [0.15, 0.2) is 67.0 Å². The molecule has 6 heteroatoms. The Labute approximate surface area is 171 Å². The molecule has 3 nitrogen and oxygen atoms in total. The molecule has 2 heterocycles. The van der Waals surface area contributed by atoms with Gasteiger partial charge in [0.1, 0.15) is 0 Å². The van der Waals surface area contributed by atoms with Gasteiger partial charge in [-0.05, 0) is 35.9 Å². The van der Waals surface area contributed by atoms with E-state index in [2.05, 4.69) is 4.98 Å². The lowest BCUT2D eigenvalue weighted by atomic mass is 10.2. The summed E-state index contributed by atoms with van der Waals surface area (Å²) >= 11 is 11.5. The zero-order valence-corrected chi connectivity index (χ0v) is 17.2. The fraction of sp³-hybridized carbons (Fsp3) is 0.0500. The molecule has 0 saturated carbocycles. The van der Waals surface area contributed by atoms with Crippen LogP contribution in [0.2, 0.25) is 10.0 Å². The SMILES string of the molecule is O=C1C(=Ic2ccc(Cl)c(Cl)c2)c2ccccc2N1Cc1cccnc1. The Bertz CT molecular complexity index is 1020. The normalized spacial score (nSPS) is 15.1. The lowest BCUT2D eigenvalue weighted by molar-refractivity contribution is -0.112. The van der Waals surface area contributed by atoms with Crippen LogP contribution in [-0.2, 0) is 11.3 Å². The molecule has 1 aliphatic heterocycles. The van der Waals surface area contributed by atoms with E-state index >= 15 is 0 Å². The van der Waals surface area contributed by atoms with Crippen LogP contribution in [0.25, 0.3) is 0 Å². The van der Waals surface area contributed by atoms with Crippen LogP contribution in [0.5, 0.6) is 0 Å². The molecule has 1 aromatic heterocycles. The van der Waals surface area contributed by atoms with E-state index in [0.717, 1.165) is 23.9 Å². The molecule has 1 aliphatic rings. The maximum absolute atomic E-state index is 13.2. The maximum Gasteiger partial charge on any atom is 0.265 e. The van der Waals surface area contributed by atoms with Crippen LogP contribution in [-0.4, -0.2) is 14.4 Å². The minimum absolute atomic E-state index is 0.0638. The first-order valence-corrected chi connectivity index (χ1v) is 10.8. The van der Waals surface area contributed by atoms with Gasteiger partial charge in [0, 0.05) is 21.5 Å². The number of carbonyl (C=O) groups is 1. The second-order valence-electron chi connectivity index (χ2n) is 5.74. The predicted molar refractivity (Wildman–Crippen MR) is 115 cm³/mol. The molecular weight excluding hydrogens is 482 g/mol. The Morgan fingerprint density at radius 3 is 2.62 bits per heavy atom. The summed E-state index contributed by atoms with van der Waals surface area (Å²) in [6, 6.07) is 17.4. The number of aromatic nitrogens is 1. The lowest BCUT2D eigenvalue weighted by Gasteiger charge is -2.16. The number of hydrogen-bond acceptors (Lipinski definition) is 2. The average molecular weight is 495 g/mol. The Kier molecular flexibility index (Phi) is 5.07. The summed E-state index contributed by atoms with van der Waals surface area (Å²) in [5, 5.41) is 1.05. The van der Waals surface area contributed by atoms with Crippen molar-refractivity contribution in [1.82, 2.24) is 4.98 Å². The molecule has 2 aromatic carbocycles. The summed E-state index contributed by atoms with van der Waals surface area (Å²) in [6.07, 6.45) is 3.53. The van der Waals surface area contributed by atoms with Crippen molar-refractivity contribution in [3.63, 3.8) is 0 Å². The molecule has 0 N–H and O–H groups in total. The van der Waals surface area contributed by atoms with E-state index in [9.17, 15) is 4.79 Å². The van der Waals surface area contributed by atoms with Gasteiger partial charge in [0.2, 0.25) is 0 Å². The third kappa shape index (κ3) is 3.41. The Morgan fingerprint density at radius 2 is 1.85 bits per heavy atom. The maximum atomic E-state index is 13.2. The van der Waals surface area contributed by atoms with Crippen molar-refractivity contribution in [2.75, 3.05) is 4.90 Å². The van der Waals surface area contributed by atoms with Crippen molar-refractivity contribution in [3.8, 4) is 0 Å². The van der Waals surface area contributed by atoms with Crippen molar-refractivity contribution in [1.29, 1.82) is 0 Å². The smallest absolute Gasteiger partial charge is 0.265 e. The number of nitrogens with zero attached hydrogens (tertiary/aromatic N) is 2. The van der Waals surface area contributed by atoms with Gasteiger partial charge in [-0.3, -0.25) is 9.78 Å². The van der Waals surface area contributed by atoms with E-state index in [1.165, 1.54) is 0 Å². The molecule has 0 fully saturated rings. The summed E-state index contributed by atoms with van der Waals surface area (Å²) in [4.78, 5) is 19.1. The van der Waals surface area contributed by atoms with Gasteiger partial charge in [0.25, 0.3) is 5.91 Å². The zero-order valence-electron chi connectivity index (χ0n) is 13.5. The number of benzene rings is 2. The molecule has 1 amide bonds.